The molecule has 15 heavy (non-hydrogen) atoms. The largest absolute Gasteiger partial charge is 0.316 e. The summed E-state index contributed by atoms with van der Waals surface area (Å²) in [6.45, 7) is 4.63. The lowest BCUT2D eigenvalue weighted by atomic mass is 9.86. The Morgan fingerprint density at radius 2 is 2.00 bits per heavy atom. The van der Waals surface area contributed by atoms with E-state index >= 15 is 0 Å². The fourth-order valence-electron chi connectivity index (χ4n) is 2.73. The lowest BCUT2D eigenvalue weighted by Gasteiger charge is -2.27. The van der Waals surface area contributed by atoms with E-state index in [1.807, 2.05) is 0 Å². The summed E-state index contributed by atoms with van der Waals surface area (Å²) in [7, 11) is 2.12. The van der Waals surface area contributed by atoms with Crippen molar-refractivity contribution in [1.29, 1.82) is 0 Å². The van der Waals surface area contributed by atoms with Gasteiger partial charge in [0.1, 0.15) is 0 Å². The third-order valence-corrected chi connectivity index (χ3v) is 3.86. The van der Waals surface area contributed by atoms with Crippen LogP contribution in [-0.4, -0.2) is 13.1 Å². The topological polar surface area (TPSA) is 12.0 Å². The minimum Gasteiger partial charge on any atom is -0.316 e. The van der Waals surface area contributed by atoms with Crippen molar-refractivity contribution in [3.63, 3.8) is 0 Å². The summed E-state index contributed by atoms with van der Waals surface area (Å²) in [5.74, 6) is 0.845. The van der Waals surface area contributed by atoms with Gasteiger partial charge in [0.15, 0.2) is 0 Å². The van der Waals surface area contributed by atoms with Crippen LogP contribution in [0.2, 0.25) is 0 Å². The number of rotatable bonds is 6. The average Bonchev–Trinajstić information content (AvgIpc) is 2.30. The van der Waals surface area contributed by atoms with Crippen molar-refractivity contribution in [3.8, 4) is 0 Å². The van der Waals surface area contributed by atoms with E-state index in [9.17, 15) is 0 Å². The zero-order chi connectivity index (χ0) is 11.1. The van der Waals surface area contributed by atoms with Crippen LogP contribution in [0.25, 0.3) is 0 Å². The predicted molar refractivity (Wildman–Crippen MR) is 68.1 cm³/mol. The molecule has 0 aromatic carbocycles. The highest BCUT2D eigenvalue weighted by Crippen LogP contribution is 2.25. The van der Waals surface area contributed by atoms with Crippen molar-refractivity contribution in [2.45, 2.75) is 64.8 Å². The molecule has 0 aromatic heterocycles. The van der Waals surface area contributed by atoms with E-state index in [2.05, 4.69) is 32.3 Å². The monoisotopic (exact) mass is 209 g/mol. The summed E-state index contributed by atoms with van der Waals surface area (Å²) in [6.07, 6.45) is 11.8. The van der Waals surface area contributed by atoms with Crippen molar-refractivity contribution in [3.05, 3.63) is 11.6 Å². The summed E-state index contributed by atoms with van der Waals surface area (Å²) in [4.78, 5) is 0. The van der Waals surface area contributed by atoms with Crippen LogP contribution in [-0.2, 0) is 0 Å². The Labute approximate surface area is 95.3 Å². The predicted octanol–water partition coefficient (Wildman–Crippen LogP) is 3.90. The molecule has 1 unspecified atom stereocenters. The number of hydrogen-bond donors (Lipinski definition) is 1. The van der Waals surface area contributed by atoms with Crippen LogP contribution in [0.5, 0.6) is 0 Å². The van der Waals surface area contributed by atoms with Gasteiger partial charge < -0.3 is 5.32 Å². The molecular weight excluding hydrogens is 182 g/mol. The molecule has 1 N–H and O–H groups in total. The van der Waals surface area contributed by atoms with E-state index < -0.39 is 0 Å². The zero-order valence-corrected chi connectivity index (χ0v) is 10.7. The standard InChI is InChI=1S/C14H27N/c1-4-13(5-2)14(15-3)11-12-9-7-6-8-10-12/h9,13-15H,4-8,10-11H2,1-3H3. The van der Waals surface area contributed by atoms with Gasteiger partial charge in [-0.3, -0.25) is 0 Å². The van der Waals surface area contributed by atoms with Crippen LogP contribution >= 0.6 is 0 Å². The molecule has 1 rings (SSSR count). The minimum absolute atomic E-state index is 0.698. The Morgan fingerprint density at radius 1 is 1.27 bits per heavy atom. The molecule has 1 atom stereocenters. The van der Waals surface area contributed by atoms with Gasteiger partial charge in [-0.15, -0.1) is 0 Å². The first-order chi connectivity index (χ1) is 7.31. The summed E-state index contributed by atoms with van der Waals surface area (Å²) >= 11 is 0. The molecule has 0 amide bonds. The van der Waals surface area contributed by atoms with Gasteiger partial charge in [0.2, 0.25) is 0 Å². The van der Waals surface area contributed by atoms with Crippen molar-refractivity contribution in [1.82, 2.24) is 5.32 Å². The maximum atomic E-state index is 3.51. The van der Waals surface area contributed by atoms with E-state index in [0.29, 0.717) is 6.04 Å². The van der Waals surface area contributed by atoms with E-state index in [-0.39, 0.29) is 0 Å². The summed E-state index contributed by atoms with van der Waals surface area (Å²) in [5.41, 5.74) is 1.70. The van der Waals surface area contributed by atoms with Crippen LogP contribution in [0.3, 0.4) is 0 Å². The lowest BCUT2D eigenvalue weighted by molar-refractivity contribution is 0.344. The van der Waals surface area contributed by atoms with Gasteiger partial charge in [0.25, 0.3) is 0 Å². The molecule has 1 aliphatic rings. The summed E-state index contributed by atoms with van der Waals surface area (Å²) in [5, 5.41) is 3.51. The van der Waals surface area contributed by atoms with Gasteiger partial charge in [-0.05, 0) is 45.1 Å². The molecule has 0 spiro atoms. The number of allylic oxidation sites excluding steroid dienone is 1. The molecule has 0 radical (unpaired) electrons. The van der Waals surface area contributed by atoms with Crippen LogP contribution in [0.4, 0.5) is 0 Å². The molecule has 0 aromatic rings. The Kier molecular flexibility index (Phi) is 6.00. The smallest absolute Gasteiger partial charge is 0.0129 e. The Bertz CT molecular complexity index is 192. The van der Waals surface area contributed by atoms with Crippen LogP contribution in [0.15, 0.2) is 11.6 Å². The lowest BCUT2D eigenvalue weighted by Crippen LogP contribution is -2.33. The number of hydrogen-bond acceptors (Lipinski definition) is 1. The third kappa shape index (κ3) is 3.98. The van der Waals surface area contributed by atoms with Crippen molar-refractivity contribution in [2.75, 3.05) is 7.05 Å². The van der Waals surface area contributed by atoms with Gasteiger partial charge in [0.05, 0.1) is 0 Å². The van der Waals surface area contributed by atoms with Gasteiger partial charge >= 0.3 is 0 Å². The molecular formula is C14H27N. The van der Waals surface area contributed by atoms with E-state index in [0.717, 1.165) is 5.92 Å². The quantitative estimate of drug-likeness (QED) is 0.654. The first-order valence-corrected chi connectivity index (χ1v) is 6.66. The second-order valence-corrected chi connectivity index (χ2v) is 4.78. The second-order valence-electron chi connectivity index (χ2n) is 4.78. The van der Waals surface area contributed by atoms with E-state index in [4.69, 9.17) is 0 Å². The van der Waals surface area contributed by atoms with Crippen LogP contribution in [0, 0.1) is 5.92 Å². The molecule has 88 valence electrons. The maximum Gasteiger partial charge on any atom is 0.0129 e. The zero-order valence-electron chi connectivity index (χ0n) is 10.7. The number of nitrogens with one attached hydrogen (secondary N) is 1. The molecule has 0 bridgehead atoms. The summed E-state index contributed by atoms with van der Waals surface area (Å²) < 4.78 is 0. The van der Waals surface area contributed by atoms with Crippen LogP contribution < -0.4 is 5.32 Å². The highest BCUT2D eigenvalue weighted by Gasteiger charge is 2.18. The maximum absolute atomic E-state index is 3.51. The Morgan fingerprint density at radius 3 is 2.47 bits per heavy atom. The average molecular weight is 209 g/mol. The van der Waals surface area contributed by atoms with Gasteiger partial charge in [-0.1, -0.05) is 38.3 Å². The molecule has 1 nitrogen and oxygen atoms in total. The first-order valence-electron chi connectivity index (χ1n) is 6.66. The Balaban J connectivity index is 2.47. The molecule has 0 aliphatic heterocycles. The van der Waals surface area contributed by atoms with E-state index in [1.54, 1.807) is 5.57 Å². The Hall–Kier alpha value is -0.300. The SMILES string of the molecule is CCC(CC)C(CC1=CCCCC1)NC. The fourth-order valence-corrected chi connectivity index (χ4v) is 2.73. The van der Waals surface area contributed by atoms with Gasteiger partial charge in [0, 0.05) is 6.04 Å². The van der Waals surface area contributed by atoms with Crippen molar-refractivity contribution < 1.29 is 0 Å². The van der Waals surface area contributed by atoms with E-state index in [1.165, 1.54) is 44.9 Å². The van der Waals surface area contributed by atoms with Crippen molar-refractivity contribution in [2.24, 2.45) is 5.92 Å². The molecule has 1 aliphatic carbocycles. The first kappa shape index (κ1) is 12.8. The highest BCUT2D eigenvalue weighted by molar-refractivity contribution is 5.07. The van der Waals surface area contributed by atoms with Gasteiger partial charge in [-0.2, -0.15) is 0 Å². The van der Waals surface area contributed by atoms with Gasteiger partial charge in [-0.25, -0.2) is 0 Å². The molecule has 0 saturated heterocycles. The molecule has 1 heteroatoms. The van der Waals surface area contributed by atoms with Crippen LogP contribution in [0.1, 0.15) is 58.8 Å². The second kappa shape index (κ2) is 7.05. The normalized spacial score (nSPS) is 19.1. The molecule has 0 heterocycles. The highest BCUT2D eigenvalue weighted by atomic mass is 14.9. The minimum atomic E-state index is 0.698. The third-order valence-electron chi connectivity index (χ3n) is 3.86. The molecule has 0 saturated carbocycles. The summed E-state index contributed by atoms with van der Waals surface area (Å²) in [6, 6.07) is 0.698. The molecule has 0 fully saturated rings. The van der Waals surface area contributed by atoms with Crippen molar-refractivity contribution >= 4 is 0 Å². The fraction of sp³-hybridized carbons (Fsp3) is 0.857.